The third kappa shape index (κ3) is 5.87. The minimum absolute atomic E-state index is 0.0500. The predicted molar refractivity (Wildman–Crippen MR) is 64.4 cm³/mol. The third-order valence-corrected chi connectivity index (χ3v) is 2.13. The Balaban J connectivity index is 2.17. The van der Waals surface area contributed by atoms with Crippen LogP contribution in [-0.2, 0) is 9.53 Å². The lowest BCUT2D eigenvalue weighted by molar-refractivity contribution is -0.121. The molecule has 0 radical (unpaired) electrons. The number of methoxy groups -OCH3 is 1. The first-order valence-corrected chi connectivity index (χ1v) is 5.47. The van der Waals surface area contributed by atoms with Crippen molar-refractivity contribution >= 4 is 11.6 Å². The normalized spacial score (nSPS) is 10.0. The molecule has 0 atom stereocenters. The van der Waals surface area contributed by atoms with E-state index in [0.717, 1.165) is 0 Å². The quantitative estimate of drug-likeness (QED) is 0.708. The summed E-state index contributed by atoms with van der Waals surface area (Å²) in [5.41, 5.74) is 0.676. The first kappa shape index (κ1) is 13.4. The summed E-state index contributed by atoms with van der Waals surface area (Å²) in [5.74, 6) is -0.342. The molecule has 0 unspecified atom stereocenters. The minimum atomic E-state index is -0.292. The second kappa shape index (κ2) is 7.62. The number of ether oxygens (including phenoxy) is 1. The Bertz CT molecular complexity index is 358. The van der Waals surface area contributed by atoms with E-state index in [0.29, 0.717) is 31.8 Å². The summed E-state index contributed by atoms with van der Waals surface area (Å²) in [4.78, 5) is 11.3. The molecule has 2 N–H and O–H groups in total. The van der Waals surface area contributed by atoms with E-state index in [4.69, 9.17) is 4.74 Å². The molecule has 0 saturated carbocycles. The van der Waals surface area contributed by atoms with E-state index >= 15 is 0 Å². The molecule has 0 saturated heterocycles. The summed E-state index contributed by atoms with van der Waals surface area (Å²) >= 11 is 0. The lowest BCUT2D eigenvalue weighted by atomic mass is 10.3. The molecule has 0 aliphatic rings. The molecule has 0 aliphatic carbocycles. The molecule has 5 heteroatoms. The largest absolute Gasteiger partial charge is 0.384 e. The molecule has 0 fully saturated rings. The van der Waals surface area contributed by atoms with Crippen LogP contribution in [-0.4, -0.2) is 32.7 Å². The maximum Gasteiger partial charge on any atom is 0.221 e. The van der Waals surface area contributed by atoms with Gasteiger partial charge in [-0.25, -0.2) is 4.39 Å². The van der Waals surface area contributed by atoms with Crippen molar-refractivity contribution in [3.8, 4) is 0 Å². The Labute approximate surface area is 100 Å². The van der Waals surface area contributed by atoms with E-state index in [1.807, 2.05) is 0 Å². The molecule has 1 aromatic carbocycles. The number of hydrogen-bond donors (Lipinski definition) is 2. The summed E-state index contributed by atoms with van der Waals surface area (Å²) in [6, 6.07) is 6.15. The molecule has 0 aliphatic heterocycles. The Hall–Kier alpha value is -1.62. The minimum Gasteiger partial charge on any atom is -0.384 e. The van der Waals surface area contributed by atoms with Gasteiger partial charge in [0.15, 0.2) is 0 Å². The highest BCUT2D eigenvalue weighted by Crippen LogP contribution is 2.08. The summed E-state index contributed by atoms with van der Waals surface area (Å²) in [6.45, 7) is 1.49. The van der Waals surface area contributed by atoms with Crippen molar-refractivity contribution in [1.82, 2.24) is 5.32 Å². The average Bonchev–Trinajstić information content (AvgIpc) is 2.29. The topological polar surface area (TPSA) is 50.4 Å². The van der Waals surface area contributed by atoms with Crippen molar-refractivity contribution in [1.29, 1.82) is 0 Å². The molecule has 94 valence electrons. The van der Waals surface area contributed by atoms with Crippen molar-refractivity contribution in [3.63, 3.8) is 0 Å². The van der Waals surface area contributed by atoms with Gasteiger partial charge >= 0.3 is 0 Å². The van der Waals surface area contributed by atoms with Gasteiger partial charge in [0.05, 0.1) is 6.61 Å². The molecular formula is C12H17FN2O2. The average molecular weight is 240 g/mol. The van der Waals surface area contributed by atoms with Crippen LogP contribution in [0.25, 0.3) is 0 Å². The van der Waals surface area contributed by atoms with Crippen LogP contribution in [0.1, 0.15) is 6.42 Å². The van der Waals surface area contributed by atoms with Crippen LogP contribution in [0.5, 0.6) is 0 Å². The highest BCUT2D eigenvalue weighted by atomic mass is 19.1. The molecule has 0 aromatic heterocycles. The van der Waals surface area contributed by atoms with Gasteiger partial charge in [-0.05, 0) is 18.2 Å². The summed E-state index contributed by atoms with van der Waals surface area (Å²) < 4.78 is 17.6. The zero-order chi connectivity index (χ0) is 12.5. The maximum atomic E-state index is 12.8. The van der Waals surface area contributed by atoms with Crippen LogP contribution in [0.4, 0.5) is 10.1 Å². The molecule has 4 nitrogen and oxygen atoms in total. The second-order valence-corrected chi connectivity index (χ2v) is 3.53. The lowest BCUT2D eigenvalue weighted by Gasteiger charge is -2.07. The number of halogens is 1. The fraction of sp³-hybridized carbons (Fsp3) is 0.417. The van der Waals surface area contributed by atoms with Crippen LogP contribution in [0.15, 0.2) is 24.3 Å². The predicted octanol–water partition coefficient (Wildman–Crippen LogP) is 1.39. The van der Waals surface area contributed by atoms with Crippen molar-refractivity contribution in [2.75, 3.05) is 32.1 Å². The van der Waals surface area contributed by atoms with Gasteiger partial charge in [0.1, 0.15) is 5.82 Å². The van der Waals surface area contributed by atoms with E-state index in [-0.39, 0.29) is 11.7 Å². The molecule has 1 aromatic rings. The molecule has 0 spiro atoms. The standard InChI is InChI=1S/C12H17FN2O2/c1-17-8-7-15-12(16)5-6-14-11-4-2-3-10(13)9-11/h2-4,9,14H,5-8H2,1H3,(H,15,16). The van der Waals surface area contributed by atoms with E-state index in [2.05, 4.69) is 10.6 Å². The number of benzene rings is 1. The zero-order valence-corrected chi connectivity index (χ0v) is 9.83. The van der Waals surface area contributed by atoms with Crippen molar-refractivity contribution in [3.05, 3.63) is 30.1 Å². The van der Waals surface area contributed by atoms with Crippen LogP contribution in [0, 0.1) is 5.82 Å². The lowest BCUT2D eigenvalue weighted by Crippen LogP contribution is -2.28. The van der Waals surface area contributed by atoms with Gasteiger partial charge in [-0.3, -0.25) is 4.79 Å². The first-order valence-electron chi connectivity index (χ1n) is 5.47. The number of amides is 1. The van der Waals surface area contributed by atoms with Gasteiger partial charge in [0.25, 0.3) is 0 Å². The van der Waals surface area contributed by atoms with E-state index in [1.54, 1.807) is 19.2 Å². The number of rotatable bonds is 7. The van der Waals surface area contributed by atoms with E-state index in [1.165, 1.54) is 12.1 Å². The van der Waals surface area contributed by atoms with E-state index in [9.17, 15) is 9.18 Å². The van der Waals surface area contributed by atoms with Gasteiger partial charge in [-0.15, -0.1) is 0 Å². The monoisotopic (exact) mass is 240 g/mol. The molecule has 0 heterocycles. The SMILES string of the molecule is COCCNC(=O)CCNc1cccc(F)c1. The summed E-state index contributed by atoms with van der Waals surface area (Å²) in [6.07, 6.45) is 0.347. The van der Waals surface area contributed by atoms with Crippen molar-refractivity contribution in [2.24, 2.45) is 0 Å². The molecule has 1 rings (SSSR count). The van der Waals surface area contributed by atoms with Gasteiger partial charge in [-0.1, -0.05) is 6.07 Å². The Morgan fingerprint density at radius 1 is 1.41 bits per heavy atom. The number of nitrogens with one attached hydrogen (secondary N) is 2. The Morgan fingerprint density at radius 3 is 2.94 bits per heavy atom. The second-order valence-electron chi connectivity index (χ2n) is 3.53. The number of anilines is 1. The van der Waals surface area contributed by atoms with Gasteiger partial charge < -0.3 is 15.4 Å². The Morgan fingerprint density at radius 2 is 2.24 bits per heavy atom. The summed E-state index contributed by atoms with van der Waals surface area (Å²) in [7, 11) is 1.58. The first-order chi connectivity index (χ1) is 8.22. The molecular weight excluding hydrogens is 223 g/mol. The zero-order valence-electron chi connectivity index (χ0n) is 9.83. The third-order valence-electron chi connectivity index (χ3n) is 2.13. The van der Waals surface area contributed by atoms with Crippen LogP contribution in [0.3, 0.4) is 0 Å². The van der Waals surface area contributed by atoms with Gasteiger partial charge in [-0.2, -0.15) is 0 Å². The maximum absolute atomic E-state index is 12.8. The number of carbonyl (C=O) groups excluding carboxylic acids is 1. The van der Waals surface area contributed by atoms with E-state index < -0.39 is 0 Å². The molecule has 17 heavy (non-hydrogen) atoms. The van der Waals surface area contributed by atoms with Crippen LogP contribution in [0.2, 0.25) is 0 Å². The highest BCUT2D eigenvalue weighted by molar-refractivity contribution is 5.76. The highest BCUT2D eigenvalue weighted by Gasteiger charge is 2.00. The Kier molecular flexibility index (Phi) is 6.03. The fourth-order valence-electron chi connectivity index (χ4n) is 1.30. The molecule has 0 bridgehead atoms. The van der Waals surface area contributed by atoms with Crippen LogP contribution < -0.4 is 10.6 Å². The fourth-order valence-corrected chi connectivity index (χ4v) is 1.30. The van der Waals surface area contributed by atoms with Crippen molar-refractivity contribution < 1.29 is 13.9 Å². The van der Waals surface area contributed by atoms with Gasteiger partial charge in [0.2, 0.25) is 5.91 Å². The summed E-state index contributed by atoms with van der Waals surface area (Å²) in [5, 5.41) is 5.68. The van der Waals surface area contributed by atoms with Crippen LogP contribution >= 0.6 is 0 Å². The smallest absolute Gasteiger partial charge is 0.221 e. The molecule has 1 amide bonds. The number of carbonyl (C=O) groups is 1. The number of hydrogen-bond acceptors (Lipinski definition) is 3. The van der Waals surface area contributed by atoms with Crippen molar-refractivity contribution in [2.45, 2.75) is 6.42 Å². The van der Waals surface area contributed by atoms with Gasteiger partial charge in [0, 0.05) is 32.3 Å².